The van der Waals surface area contributed by atoms with E-state index in [4.69, 9.17) is 23.7 Å². The minimum absolute atomic E-state index is 0.114. The van der Waals surface area contributed by atoms with E-state index in [2.05, 4.69) is 0 Å². The van der Waals surface area contributed by atoms with Crippen LogP contribution >= 0.6 is 0 Å². The smallest absolute Gasteiger partial charge is 0.308 e. The number of rotatable bonds is 8. The molecule has 5 rings (SSSR count). The summed E-state index contributed by atoms with van der Waals surface area (Å²) >= 11 is 0. The van der Waals surface area contributed by atoms with E-state index in [-0.39, 0.29) is 25.0 Å². The van der Waals surface area contributed by atoms with Gasteiger partial charge in [0.25, 0.3) is 0 Å². The zero-order valence-electron chi connectivity index (χ0n) is 29.6. The van der Waals surface area contributed by atoms with Gasteiger partial charge in [-0.05, 0) is 62.4 Å². The van der Waals surface area contributed by atoms with E-state index in [9.17, 15) is 24.3 Å². The van der Waals surface area contributed by atoms with Crippen molar-refractivity contribution in [2.75, 3.05) is 20.7 Å². The molecular formula is C37H51NO10. The lowest BCUT2D eigenvalue weighted by molar-refractivity contribution is -0.223. The van der Waals surface area contributed by atoms with Crippen LogP contribution < -0.4 is 0 Å². The lowest BCUT2D eigenvalue weighted by Crippen LogP contribution is -2.68. The number of aliphatic hydroxyl groups is 1. The van der Waals surface area contributed by atoms with Crippen LogP contribution in [-0.4, -0.2) is 90.7 Å². The minimum atomic E-state index is -1.25. The molecule has 0 unspecified atom stereocenters. The molecule has 10 atom stereocenters. The molecule has 3 aliphatic carbocycles. The number of fused-ring (bicyclic) bond motifs is 4. The van der Waals surface area contributed by atoms with E-state index in [0.29, 0.717) is 30.4 Å². The van der Waals surface area contributed by atoms with Crippen molar-refractivity contribution in [2.45, 2.75) is 116 Å². The van der Waals surface area contributed by atoms with Gasteiger partial charge in [0, 0.05) is 44.1 Å². The van der Waals surface area contributed by atoms with Crippen LogP contribution in [0.15, 0.2) is 41.5 Å². The Kier molecular flexibility index (Phi) is 9.91. The highest BCUT2D eigenvalue weighted by Gasteiger charge is 2.74. The summed E-state index contributed by atoms with van der Waals surface area (Å²) in [6.45, 7) is 11.9. The average Bonchev–Trinajstić information content (AvgIpc) is 3.77. The van der Waals surface area contributed by atoms with Crippen molar-refractivity contribution in [1.82, 2.24) is 4.90 Å². The Balaban J connectivity index is 1.59. The lowest BCUT2D eigenvalue weighted by atomic mass is 9.48. The summed E-state index contributed by atoms with van der Waals surface area (Å²) in [5, 5.41) is 12.5. The molecule has 4 aliphatic rings. The van der Waals surface area contributed by atoms with E-state index in [1.807, 2.05) is 77.0 Å². The summed E-state index contributed by atoms with van der Waals surface area (Å²) in [5.74, 6) is -3.03. The largest absolute Gasteiger partial charge is 0.462 e. The molecule has 3 fully saturated rings. The van der Waals surface area contributed by atoms with E-state index < -0.39 is 76.7 Å². The summed E-state index contributed by atoms with van der Waals surface area (Å²) in [5.41, 5.74) is -0.495. The zero-order chi connectivity index (χ0) is 35.3. The maximum Gasteiger partial charge on any atom is 0.308 e. The molecule has 1 aliphatic heterocycles. The van der Waals surface area contributed by atoms with Gasteiger partial charge in [-0.3, -0.25) is 19.2 Å². The molecule has 2 saturated carbocycles. The van der Waals surface area contributed by atoms with Crippen molar-refractivity contribution in [1.29, 1.82) is 0 Å². The fourth-order valence-corrected chi connectivity index (χ4v) is 9.27. The standard InChI is InChI=1S/C37H51NO10/c1-20-27(45-21(2)39)17-25-31(46-22(3)40)33-36(7,34(43)32(47-23(4)41)30(20)35(25,5)6)16-15-28(37(33)19-44-37)48-29(42)18-26(38(8)9)24-13-11-10-12-14-24/h10-14,25-28,31-34,43H,15-19H2,1-9H3/t25-,26+,27-,28-,31+,32+,33-,34-,36-,37-/m0/s1. The van der Waals surface area contributed by atoms with E-state index >= 15 is 0 Å². The summed E-state index contributed by atoms with van der Waals surface area (Å²) in [7, 11) is 3.84. The number of hydrogen-bond donors (Lipinski definition) is 1. The van der Waals surface area contributed by atoms with Gasteiger partial charge in [-0.15, -0.1) is 0 Å². The van der Waals surface area contributed by atoms with Crippen LogP contribution in [0.25, 0.3) is 0 Å². The highest BCUT2D eigenvalue weighted by molar-refractivity contribution is 5.71. The fourth-order valence-electron chi connectivity index (χ4n) is 9.27. The Hall–Kier alpha value is -3.28. The molecule has 0 radical (unpaired) electrons. The van der Waals surface area contributed by atoms with Gasteiger partial charge in [0.15, 0.2) is 6.10 Å². The molecule has 264 valence electrons. The summed E-state index contributed by atoms with van der Waals surface area (Å²) in [4.78, 5) is 53.5. The third kappa shape index (κ3) is 6.41. The quantitative estimate of drug-likeness (QED) is 0.183. The highest BCUT2D eigenvalue weighted by Crippen LogP contribution is 2.65. The summed E-state index contributed by atoms with van der Waals surface area (Å²) < 4.78 is 30.7. The molecule has 11 heteroatoms. The normalized spacial score (nSPS) is 35.9. The Morgan fingerprint density at radius 3 is 2.10 bits per heavy atom. The zero-order valence-corrected chi connectivity index (χ0v) is 29.6. The molecule has 2 bridgehead atoms. The number of hydrogen-bond acceptors (Lipinski definition) is 11. The first-order valence-electron chi connectivity index (χ1n) is 16.9. The van der Waals surface area contributed by atoms with Crippen LogP contribution in [0, 0.1) is 22.7 Å². The van der Waals surface area contributed by atoms with Gasteiger partial charge in [0.05, 0.1) is 13.0 Å². The Labute approximate surface area is 283 Å². The highest BCUT2D eigenvalue weighted by atomic mass is 16.6. The molecule has 48 heavy (non-hydrogen) atoms. The van der Waals surface area contributed by atoms with Gasteiger partial charge in [0.2, 0.25) is 0 Å². The molecular weight excluding hydrogens is 618 g/mol. The first-order chi connectivity index (χ1) is 22.4. The number of aliphatic hydroxyl groups excluding tert-OH is 1. The minimum Gasteiger partial charge on any atom is -0.462 e. The second-order valence-corrected chi connectivity index (χ2v) is 15.1. The van der Waals surface area contributed by atoms with E-state index in [1.54, 1.807) is 0 Å². The average molecular weight is 670 g/mol. The van der Waals surface area contributed by atoms with Gasteiger partial charge in [-0.25, -0.2) is 0 Å². The van der Waals surface area contributed by atoms with Crippen molar-refractivity contribution < 1.29 is 48.0 Å². The first-order valence-corrected chi connectivity index (χ1v) is 16.9. The van der Waals surface area contributed by atoms with Gasteiger partial charge < -0.3 is 33.7 Å². The maximum atomic E-state index is 13.7. The van der Waals surface area contributed by atoms with Gasteiger partial charge >= 0.3 is 23.9 Å². The van der Waals surface area contributed by atoms with Crippen LogP contribution in [0.3, 0.4) is 0 Å². The molecule has 1 saturated heterocycles. The number of ether oxygens (including phenoxy) is 5. The van der Waals surface area contributed by atoms with Gasteiger partial charge in [-0.2, -0.15) is 0 Å². The molecule has 1 N–H and O–H groups in total. The van der Waals surface area contributed by atoms with E-state index in [0.717, 1.165) is 5.56 Å². The lowest BCUT2D eigenvalue weighted by Gasteiger charge is -2.60. The number of carbonyl (C=O) groups is 4. The predicted octanol–water partition coefficient (Wildman–Crippen LogP) is 4.31. The maximum absolute atomic E-state index is 13.7. The Morgan fingerprint density at radius 2 is 1.56 bits per heavy atom. The molecule has 11 nitrogen and oxygen atoms in total. The van der Waals surface area contributed by atoms with Crippen LogP contribution in [0.5, 0.6) is 0 Å². The third-order valence-corrected chi connectivity index (χ3v) is 11.5. The third-order valence-electron chi connectivity index (χ3n) is 11.5. The van der Waals surface area contributed by atoms with Crippen LogP contribution in [0.2, 0.25) is 0 Å². The Morgan fingerprint density at radius 1 is 0.958 bits per heavy atom. The number of epoxide rings is 1. The number of benzene rings is 1. The molecule has 1 aromatic carbocycles. The Bertz CT molecular complexity index is 1450. The second kappa shape index (κ2) is 13.2. The second-order valence-electron chi connectivity index (χ2n) is 15.1. The van der Waals surface area contributed by atoms with Gasteiger partial charge in [-0.1, -0.05) is 51.1 Å². The molecule has 0 aromatic heterocycles. The van der Waals surface area contributed by atoms with Crippen LogP contribution in [-0.2, 0) is 42.9 Å². The predicted molar refractivity (Wildman–Crippen MR) is 174 cm³/mol. The van der Waals surface area contributed by atoms with Crippen molar-refractivity contribution in [2.24, 2.45) is 22.7 Å². The molecule has 1 aromatic rings. The van der Waals surface area contributed by atoms with E-state index in [1.165, 1.54) is 20.8 Å². The SMILES string of the molecule is CC(=O)O[C@@H]1[C@@H]2C[C@H](OC(C)=O)C(C)=C([C@@H](OC(C)=O)[C@H](O)[C@@]3(C)CC[C@H](OC(=O)C[C@H](c4ccccc4)N(C)C)[C@@]4(CO4)[C@@H]13)C2(C)C. The topological polar surface area (TPSA) is 141 Å². The van der Waals surface area contributed by atoms with Crippen molar-refractivity contribution >= 4 is 23.9 Å². The molecule has 0 amide bonds. The monoisotopic (exact) mass is 669 g/mol. The van der Waals surface area contributed by atoms with Crippen molar-refractivity contribution in [3.8, 4) is 0 Å². The molecule has 1 spiro atoms. The van der Waals surface area contributed by atoms with Gasteiger partial charge in [0.1, 0.15) is 30.0 Å². The number of carbonyl (C=O) groups excluding carboxylic acids is 4. The fraction of sp³-hybridized carbons (Fsp3) is 0.676. The van der Waals surface area contributed by atoms with Crippen LogP contribution in [0.4, 0.5) is 0 Å². The van der Waals surface area contributed by atoms with Crippen LogP contribution in [0.1, 0.15) is 85.8 Å². The number of nitrogens with zero attached hydrogens (tertiary/aromatic N) is 1. The molecule has 1 heterocycles. The summed E-state index contributed by atoms with van der Waals surface area (Å²) in [6.07, 6.45) is -3.30. The first kappa shape index (κ1) is 36.0. The van der Waals surface area contributed by atoms with Crippen molar-refractivity contribution in [3.05, 3.63) is 47.0 Å². The number of esters is 4. The van der Waals surface area contributed by atoms with Crippen molar-refractivity contribution in [3.63, 3.8) is 0 Å². The summed E-state index contributed by atoms with van der Waals surface area (Å²) in [6, 6.07) is 9.55.